The van der Waals surface area contributed by atoms with Gasteiger partial charge >= 0.3 is 0 Å². The maximum Gasteiger partial charge on any atom is 0.246 e. The van der Waals surface area contributed by atoms with Gasteiger partial charge in [-0.2, -0.15) is 4.98 Å². The monoisotopic (exact) mass is 383 g/mol. The maximum atomic E-state index is 5.25. The Labute approximate surface area is 130 Å². The van der Waals surface area contributed by atoms with Gasteiger partial charge in [0.1, 0.15) is 0 Å². The Morgan fingerprint density at radius 1 is 1.42 bits per heavy atom. The molecule has 0 spiro atoms. The van der Waals surface area contributed by atoms with Crippen LogP contribution >= 0.6 is 24.0 Å². The van der Waals surface area contributed by atoms with E-state index in [4.69, 9.17) is 9.26 Å². The molecule has 1 heterocycles. The average molecular weight is 383 g/mol. The molecule has 8 heteroatoms. The lowest BCUT2D eigenvalue weighted by Gasteiger charge is -2.10. The van der Waals surface area contributed by atoms with Crippen molar-refractivity contribution in [1.29, 1.82) is 0 Å². The van der Waals surface area contributed by atoms with Crippen molar-refractivity contribution in [2.75, 3.05) is 26.8 Å². The number of halogens is 1. The highest BCUT2D eigenvalue weighted by molar-refractivity contribution is 14.0. The molecule has 0 saturated carbocycles. The van der Waals surface area contributed by atoms with Crippen molar-refractivity contribution >= 4 is 29.9 Å². The summed E-state index contributed by atoms with van der Waals surface area (Å²) in [7, 11) is 1.72. The number of ether oxygens (including phenoxy) is 1. The van der Waals surface area contributed by atoms with Crippen LogP contribution in [0.5, 0.6) is 0 Å². The zero-order valence-corrected chi connectivity index (χ0v) is 13.9. The summed E-state index contributed by atoms with van der Waals surface area (Å²) < 4.78 is 10.2. The molecule has 7 nitrogen and oxygen atoms in total. The number of nitrogens with zero attached hydrogens (tertiary/aromatic N) is 3. The van der Waals surface area contributed by atoms with Crippen LogP contribution in [0.3, 0.4) is 0 Å². The number of aromatic nitrogens is 2. The lowest BCUT2D eigenvalue weighted by molar-refractivity contribution is 0.145. The fourth-order valence-electron chi connectivity index (χ4n) is 1.32. The molecule has 0 unspecified atom stereocenters. The Bertz CT molecular complexity index is 370. The smallest absolute Gasteiger partial charge is 0.246 e. The summed E-state index contributed by atoms with van der Waals surface area (Å²) in [5, 5.41) is 9.98. The predicted octanol–water partition coefficient (Wildman–Crippen LogP) is 1.09. The molecule has 0 aliphatic heterocycles. The van der Waals surface area contributed by atoms with Gasteiger partial charge in [-0.3, -0.25) is 4.99 Å². The van der Waals surface area contributed by atoms with Crippen molar-refractivity contribution in [3.05, 3.63) is 11.7 Å². The zero-order valence-electron chi connectivity index (χ0n) is 11.6. The Hall–Kier alpha value is -0.900. The van der Waals surface area contributed by atoms with Gasteiger partial charge in [0.25, 0.3) is 0 Å². The minimum absolute atomic E-state index is 0. The van der Waals surface area contributed by atoms with E-state index >= 15 is 0 Å². The molecule has 19 heavy (non-hydrogen) atoms. The van der Waals surface area contributed by atoms with Crippen molar-refractivity contribution in [2.45, 2.75) is 26.8 Å². The molecule has 0 radical (unpaired) electrons. The van der Waals surface area contributed by atoms with E-state index in [2.05, 4.69) is 25.8 Å². The van der Waals surface area contributed by atoms with E-state index in [0.717, 1.165) is 26.2 Å². The Balaban J connectivity index is 0.00000324. The topological polar surface area (TPSA) is 84.6 Å². The standard InChI is InChI=1S/C11H21N5O2.HI/c1-4-17-7-5-6-13-11(12-3)14-8-10-15-9(2)16-18-10;/h4-8H2,1-3H3,(H2,12,13,14);1H. The van der Waals surface area contributed by atoms with E-state index in [1.165, 1.54) is 0 Å². The second kappa shape index (κ2) is 11.0. The second-order valence-electron chi connectivity index (χ2n) is 3.64. The van der Waals surface area contributed by atoms with E-state index in [1.807, 2.05) is 6.92 Å². The van der Waals surface area contributed by atoms with E-state index in [0.29, 0.717) is 24.2 Å². The summed E-state index contributed by atoms with van der Waals surface area (Å²) in [5.74, 6) is 1.89. The van der Waals surface area contributed by atoms with Gasteiger partial charge in [0.05, 0.1) is 6.54 Å². The van der Waals surface area contributed by atoms with E-state index in [-0.39, 0.29) is 24.0 Å². The normalized spacial score (nSPS) is 11.0. The number of aliphatic imine (C=N–C) groups is 1. The summed E-state index contributed by atoms with van der Waals surface area (Å²) in [6.07, 6.45) is 0.939. The van der Waals surface area contributed by atoms with Gasteiger partial charge in [0.2, 0.25) is 5.89 Å². The summed E-state index contributed by atoms with van der Waals surface area (Å²) in [5.41, 5.74) is 0. The van der Waals surface area contributed by atoms with Gasteiger partial charge in [0.15, 0.2) is 11.8 Å². The fraction of sp³-hybridized carbons (Fsp3) is 0.727. The van der Waals surface area contributed by atoms with Crippen LogP contribution in [-0.2, 0) is 11.3 Å². The fourth-order valence-corrected chi connectivity index (χ4v) is 1.32. The third-order valence-electron chi connectivity index (χ3n) is 2.16. The summed E-state index contributed by atoms with van der Waals surface area (Å²) in [6, 6.07) is 0. The maximum absolute atomic E-state index is 5.25. The third kappa shape index (κ3) is 7.98. The number of nitrogens with one attached hydrogen (secondary N) is 2. The van der Waals surface area contributed by atoms with Crippen LogP contribution in [0.1, 0.15) is 25.1 Å². The first-order valence-electron chi connectivity index (χ1n) is 6.07. The number of rotatable bonds is 7. The van der Waals surface area contributed by atoms with Crippen molar-refractivity contribution < 1.29 is 9.26 Å². The van der Waals surface area contributed by atoms with Crippen LogP contribution in [-0.4, -0.2) is 42.9 Å². The molecule has 0 aliphatic rings. The van der Waals surface area contributed by atoms with Crippen LogP contribution in [0.2, 0.25) is 0 Å². The largest absolute Gasteiger partial charge is 0.382 e. The number of guanidine groups is 1. The number of hydrogen-bond donors (Lipinski definition) is 2. The first kappa shape index (κ1) is 18.1. The highest BCUT2D eigenvalue weighted by Crippen LogP contribution is 1.94. The molecule has 1 rings (SSSR count). The van der Waals surface area contributed by atoms with Gasteiger partial charge in [-0.15, -0.1) is 24.0 Å². The lowest BCUT2D eigenvalue weighted by atomic mass is 10.4. The first-order chi connectivity index (χ1) is 8.76. The highest BCUT2D eigenvalue weighted by Gasteiger charge is 2.03. The van der Waals surface area contributed by atoms with Crippen LogP contribution < -0.4 is 10.6 Å². The van der Waals surface area contributed by atoms with E-state index in [1.54, 1.807) is 14.0 Å². The SMILES string of the molecule is CCOCCCNC(=NC)NCc1nc(C)no1.I. The summed E-state index contributed by atoms with van der Waals surface area (Å²) in [4.78, 5) is 8.19. The molecule has 0 fully saturated rings. The molecule has 0 saturated heterocycles. The predicted molar refractivity (Wildman–Crippen MR) is 83.8 cm³/mol. The lowest BCUT2D eigenvalue weighted by Crippen LogP contribution is -2.37. The van der Waals surface area contributed by atoms with E-state index < -0.39 is 0 Å². The van der Waals surface area contributed by atoms with Gasteiger partial charge in [-0.05, 0) is 20.3 Å². The average Bonchev–Trinajstić information content (AvgIpc) is 2.78. The highest BCUT2D eigenvalue weighted by atomic mass is 127. The molecule has 0 aromatic carbocycles. The Kier molecular flexibility index (Phi) is 10.5. The van der Waals surface area contributed by atoms with Crippen LogP contribution in [0.15, 0.2) is 9.52 Å². The molecule has 0 amide bonds. The van der Waals surface area contributed by atoms with Gasteiger partial charge in [-0.25, -0.2) is 0 Å². The molecule has 0 bridgehead atoms. The minimum atomic E-state index is 0. The quantitative estimate of drug-likeness (QED) is 0.317. The number of aryl methyl sites for hydroxylation is 1. The molecule has 1 aromatic heterocycles. The van der Waals surface area contributed by atoms with Crippen molar-refractivity contribution in [2.24, 2.45) is 4.99 Å². The minimum Gasteiger partial charge on any atom is -0.382 e. The molecule has 2 N–H and O–H groups in total. The molecule has 0 atom stereocenters. The van der Waals surface area contributed by atoms with E-state index in [9.17, 15) is 0 Å². The zero-order chi connectivity index (χ0) is 13.2. The van der Waals surface area contributed by atoms with Gasteiger partial charge < -0.3 is 19.9 Å². The molecule has 1 aromatic rings. The van der Waals surface area contributed by atoms with Crippen LogP contribution in [0.25, 0.3) is 0 Å². The van der Waals surface area contributed by atoms with Crippen molar-refractivity contribution in [1.82, 2.24) is 20.8 Å². The van der Waals surface area contributed by atoms with Crippen molar-refractivity contribution in [3.63, 3.8) is 0 Å². The molecular weight excluding hydrogens is 361 g/mol. The summed E-state index contributed by atoms with van der Waals surface area (Å²) >= 11 is 0. The second-order valence-corrected chi connectivity index (χ2v) is 3.64. The van der Waals surface area contributed by atoms with Gasteiger partial charge in [-0.1, -0.05) is 5.16 Å². The van der Waals surface area contributed by atoms with Crippen LogP contribution in [0, 0.1) is 6.92 Å². The van der Waals surface area contributed by atoms with Crippen molar-refractivity contribution in [3.8, 4) is 0 Å². The Morgan fingerprint density at radius 2 is 2.21 bits per heavy atom. The third-order valence-corrected chi connectivity index (χ3v) is 2.16. The first-order valence-corrected chi connectivity index (χ1v) is 6.07. The van der Waals surface area contributed by atoms with Gasteiger partial charge in [0, 0.05) is 26.8 Å². The molecular formula is C11H22IN5O2. The molecule has 0 aliphatic carbocycles. The summed E-state index contributed by atoms with van der Waals surface area (Å²) in [6.45, 7) is 6.55. The molecule has 110 valence electrons. The Morgan fingerprint density at radius 3 is 2.79 bits per heavy atom. The van der Waals surface area contributed by atoms with Crippen LogP contribution in [0.4, 0.5) is 0 Å². The number of hydrogen-bond acceptors (Lipinski definition) is 5.